The first-order valence-corrected chi connectivity index (χ1v) is 6.39. The lowest BCUT2D eigenvalue weighted by Crippen LogP contribution is -2.45. The van der Waals surface area contributed by atoms with Crippen molar-refractivity contribution < 1.29 is 17.7 Å². The van der Waals surface area contributed by atoms with Gasteiger partial charge in [0.25, 0.3) is 0 Å². The number of benzene rings is 1. The van der Waals surface area contributed by atoms with E-state index in [4.69, 9.17) is 17.7 Å². The molecule has 0 aliphatic carbocycles. The highest BCUT2D eigenvalue weighted by atomic mass is 28.4. The van der Waals surface area contributed by atoms with Gasteiger partial charge in [-0.1, -0.05) is 36.9 Å². The molecule has 1 aromatic carbocycles. The van der Waals surface area contributed by atoms with Crippen LogP contribution in [0.4, 0.5) is 0 Å². The average Bonchev–Trinajstić information content (AvgIpc) is 2.37. The van der Waals surface area contributed by atoms with E-state index in [0.29, 0.717) is 5.76 Å². The molecule has 0 saturated heterocycles. The van der Waals surface area contributed by atoms with Gasteiger partial charge in [0.15, 0.2) is 0 Å². The van der Waals surface area contributed by atoms with Gasteiger partial charge in [0.2, 0.25) is 0 Å². The summed E-state index contributed by atoms with van der Waals surface area (Å²) in [4.78, 5) is 0. The van der Waals surface area contributed by atoms with Gasteiger partial charge in [0, 0.05) is 26.9 Å². The van der Waals surface area contributed by atoms with Crippen LogP contribution in [-0.2, 0) is 17.7 Å². The van der Waals surface area contributed by atoms with Crippen molar-refractivity contribution in [2.75, 3.05) is 21.3 Å². The minimum absolute atomic E-state index is 0.470. The van der Waals surface area contributed by atoms with E-state index in [9.17, 15) is 0 Å². The van der Waals surface area contributed by atoms with Crippen LogP contribution in [0.15, 0.2) is 36.9 Å². The first-order chi connectivity index (χ1) is 7.67. The second kappa shape index (κ2) is 5.81. The summed E-state index contributed by atoms with van der Waals surface area (Å²) in [5.74, 6) is 0.470. The maximum atomic E-state index is 5.55. The fourth-order valence-electron chi connectivity index (χ4n) is 1.21. The molecule has 0 heterocycles. The molecule has 0 spiro atoms. The van der Waals surface area contributed by atoms with Crippen molar-refractivity contribution in [3.63, 3.8) is 0 Å². The highest BCUT2D eigenvalue weighted by Gasteiger charge is 2.45. The van der Waals surface area contributed by atoms with Gasteiger partial charge < -0.3 is 17.7 Å². The Hall–Kier alpha value is -1.14. The first kappa shape index (κ1) is 12.9. The van der Waals surface area contributed by atoms with Gasteiger partial charge in [-0.05, 0) is 0 Å². The van der Waals surface area contributed by atoms with Crippen LogP contribution in [0.1, 0.15) is 5.56 Å². The lowest BCUT2D eigenvalue weighted by molar-refractivity contribution is 0.0414. The SMILES string of the molecule is C=C(O[Si](OC)(OC)OC)c1ccccc1. The average molecular weight is 240 g/mol. The Balaban J connectivity index is 2.77. The van der Waals surface area contributed by atoms with Gasteiger partial charge in [-0.3, -0.25) is 0 Å². The molecule has 0 unspecified atom stereocenters. The van der Waals surface area contributed by atoms with Crippen LogP contribution < -0.4 is 0 Å². The third-order valence-electron chi connectivity index (χ3n) is 2.09. The molecule has 0 fully saturated rings. The molecule has 16 heavy (non-hydrogen) atoms. The van der Waals surface area contributed by atoms with E-state index in [1.54, 1.807) is 0 Å². The van der Waals surface area contributed by atoms with Gasteiger partial charge in [-0.2, -0.15) is 0 Å². The Kier molecular flexibility index (Phi) is 4.69. The van der Waals surface area contributed by atoms with Gasteiger partial charge >= 0.3 is 9.05 Å². The van der Waals surface area contributed by atoms with Crippen molar-refractivity contribution >= 4 is 14.8 Å². The van der Waals surface area contributed by atoms with E-state index >= 15 is 0 Å². The zero-order valence-electron chi connectivity index (χ0n) is 9.73. The van der Waals surface area contributed by atoms with E-state index < -0.39 is 9.05 Å². The van der Waals surface area contributed by atoms with E-state index in [-0.39, 0.29) is 0 Å². The Morgan fingerprint density at radius 1 is 1.00 bits per heavy atom. The quantitative estimate of drug-likeness (QED) is 0.563. The number of rotatable bonds is 6. The van der Waals surface area contributed by atoms with Crippen molar-refractivity contribution in [3.05, 3.63) is 42.5 Å². The highest BCUT2D eigenvalue weighted by Crippen LogP contribution is 2.20. The van der Waals surface area contributed by atoms with E-state index in [0.717, 1.165) is 5.56 Å². The summed E-state index contributed by atoms with van der Waals surface area (Å²) in [5.41, 5.74) is 0.866. The largest absolute Gasteiger partial charge is 0.748 e. The van der Waals surface area contributed by atoms with Crippen molar-refractivity contribution in [1.82, 2.24) is 0 Å². The molecular formula is C11H16O4Si. The predicted molar refractivity (Wildman–Crippen MR) is 63.3 cm³/mol. The molecule has 0 aromatic heterocycles. The minimum Gasteiger partial charge on any atom is -0.480 e. The van der Waals surface area contributed by atoms with Gasteiger partial charge in [-0.15, -0.1) is 0 Å². The molecule has 5 heteroatoms. The molecular weight excluding hydrogens is 224 g/mol. The molecule has 0 radical (unpaired) electrons. The summed E-state index contributed by atoms with van der Waals surface area (Å²) in [6, 6.07) is 9.51. The van der Waals surface area contributed by atoms with Crippen LogP contribution in [0.3, 0.4) is 0 Å². The number of hydrogen-bond acceptors (Lipinski definition) is 4. The van der Waals surface area contributed by atoms with Crippen LogP contribution in [0.25, 0.3) is 5.76 Å². The summed E-state index contributed by atoms with van der Waals surface area (Å²) >= 11 is 0. The van der Waals surface area contributed by atoms with Crippen molar-refractivity contribution in [2.45, 2.75) is 0 Å². The minimum atomic E-state index is -3.06. The second-order valence-electron chi connectivity index (χ2n) is 3.00. The van der Waals surface area contributed by atoms with Crippen molar-refractivity contribution in [1.29, 1.82) is 0 Å². The summed E-state index contributed by atoms with van der Waals surface area (Å²) in [5, 5.41) is 0. The van der Waals surface area contributed by atoms with Crippen LogP contribution in [0.5, 0.6) is 0 Å². The third-order valence-corrected chi connectivity index (χ3v) is 4.09. The molecule has 0 amide bonds. The summed E-state index contributed by atoms with van der Waals surface area (Å²) in [7, 11) is 1.39. The Morgan fingerprint density at radius 3 is 1.94 bits per heavy atom. The van der Waals surface area contributed by atoms with E-state index in [2.05, 4.69) is 6.58 Å². The molecule has 4 nitrogen and oxygen atoms in total. The molecule has 0 atom stereocenters. The normalized spacial score (nSPS) is 11.2. The van der Waals surface area contributed by atoms with Crippen LogP contribution >= 0.6 is 0 Å². The first-order valence-electron chi connectivity index (χ1n) is 4.76. The molecule has 88 valence electrons. The molecule has 0 aliphatic rings. The zero-order chi connectivity index (χ0) is 12.0. The summed E-state index contributed by atoms with van der Waals surface area (Å²) in [6.45, 7) is 3.83. The molecule has 0 aliphatic heterocycles. The van der Waals surface area contributed by atoms with Crippen LogP contribution in [0, 0.1) is 0 Å². The maximum Gasteiger partial charge on any atom is 0.748 e. The fraction of sp³-hybridized carbons (Fsp3) is 0.273. The molecule has 0 saturated carbocycles. The second-order valence-corrected chi connectivity index (χ2v) is 5.43. The summed E-state index contributed by atoms with van der Waals surface area (Å²) in [6.07, 6.45) is 0. The lowest BCUT2D eigenvalue weighted by Gasteiger charge is -2.24. The zero-order valence-corrected chi connectivity index (χ0v) is 10.7. The predicted octanol–water partition coefficient (Wildman–Crippen LogP) is 2.05. The fourth-order valence-corrected chi connectivity index (χ4v) is 2.38. The Morgan fingerprint density at radius 2 is 1.50 bits per heavy atom. The Bertz CT molecular complexity index is 327. The third kappa shape index (κ3) is 2.93. The van der Waals surface area contributed by atoms with Crippen molar-refractivity contribution in [2.24, 2.45) is 0 Å². The van der Waals surface area contributed by atoms with Crippen molar-refractivity contribution in [3.8, 4) is 0 Å². The molecule has 1 rings (SSSR count). The van der Waals surface area contributed by atoms with E-state index in [1.807, 2.05) is 30.3 Å². The van der Waals surface area contributed by atoms with Gasteiger partial charge in [-0.25, -0.2) is 0 Å². The molecule has 0 N–H and O–H groups in total. The molecule has 0 bridgehead atoms. The van der Waals surface area contributed by atoms with Gasteiger partial charge in [0.1, 0.15) is 5.76 Å². The van der Waals surface area contributed by atoms with Gasteiger partial charge in [0.05, 0.1) is 0 Å². The topological polar surface area (TPSA) is 36.9 Å². The Labute approximate surface area is 96.9 Å². The lowest BCUT2D eigenvalue weighted by atomic mass is 10.2. The standard InChI is InChI=1S/C11H16O4Si/c1-10(11-8-6-5-7-9-11)15-16(12-2,13-3)14-4/h5-9H,1H2,2-4H3. The van der Waals surface area contributed by atoms with Crippen LogP contribution in [0.2, 0.25) is 0 Å². The summed E-state index contributed by atoms with van der Waals surface area (Å²) < 4.78 is 21.0. The molecule has 1 aromatic rings. The number of hydrogen-bond donors (Lipinski definition) is 0. The highest BCUT2D eigenvalue weighted by molar-refractivity contribution is 6.54. The maximum absolute atomic E-state index is 5.55. The van der Waals surface area contributed by atoms with Crippen LogP contribution in [-0.4, -0.2) is 30.4 Å². The smallest absolute Gasteiger partial charge is 0.480 e. The van der Waals surface area contributed by atoms with E-state index in [1.165, 1.54) is 21.3 Å². The monoisotopic (exact) mass is 240 g/mol.